The van der Waals surface area contributed by atoms with Crippen molar-refractivity contribution >= 4 is 5.91 Å². The molecule has 1 amide bonds. The molecule has 0 aliphatic carbocycles. The van der Waals surface area contributed by atoms with Crippen LogP contribution in [0, 0.1) is 0 Å². The molecule has 2 N–H and O–H groups in total. The van der Waals surface area contributed by atoms with Crippen molar-refractivity contribution in [1.29, 1.82) is 0 Å². The fourth-order valence-corrected chi connectivity index (χ4v) is 2.00. The number of carbonyl (C=O) groups excluding carboxylic acids is 1. The van der Waals surface area contributed by atoms with Crippen molar-refractivity contribution < 1.29 is 9.53 Å². The number of hydrogen-bond donors (Lipinski definition) is 1. The zero-order chi connectivity index (χ0) is 13.5. The Bertz CT molecular complexity index is 367. The summed E-state index contributed by atoms with van der Waals surface area (Å²) in [5.41, 5.74) is 6.86. The summed E-state index contributed by atoms with van der Waals surface area (Å²) in [5.74, 6) is -0.0618. The molecule has 0 fully saturated rings. The van der Waals surface area contributed by atoms with E-state index in [0.29, 0.717) is 13.2 Å². The normalized spacial score (nSPS) is 14.0. The molecule has 2 atom stereocenters. The molecule has 1 unspecified atom stereocenters. The van der Waals surface area contributed by atoms with Gasteiger partial charge in [0.2, 0.25) is 5.91 Å². The Kier molecular flexibility index (Phi) is 5.82. The monoisotopic (exact) mass is 250 g/mol. The van der Waals surface area contributed by atoms with Crippen molar-refractivity contribution in [2.75, 3.05) is 20.3 Å². The van der Waals surface area contributed by atoms with Gasteiger partial charge in [0.25, 0.3) is 0 Å². The van der Waals surface area contributed by atoms with Gasteiger partial charge in [0.15, 0.2) is 0 Å². The third kappa shape index (κ3) is 3.55. The average Bonchev–Trinajstić information content (AvgIpc) is 2.40. The lowest BCUT2D eigenvalue weighted by atomic mass is 10.1. The molecule has 4 heteroatoms. The predicted octanol–water partition coefficient (Wildman–Crippen LogP) is 1.57. The lowest BCUT2D eigenvalue weighted by Crippen LogP contribution is -2.45. The second-order valence-corrected chi connectivity index (χ2v) is 4.32. The molecule has 0 saturated heterocycles. The summed E-state index contributed by atoms with van der Waals surface area (Å²) in [4.78, 5) is 14.1. The topological polar surface area (TPSA) is 55.6 Å². The fraction of sp³-hybridized carbons (Fsp3) is 0.500. The first-order valence-electron chi connectivity index (χ1n) is 6.21. The Balaban J connectivity index is 2.78. The molecular weight excluding hydrogens is 228 g/mol. The lowest BCUT2D eigenvalue weighted by Gasteiger charge is -2.30. The van der Waals surface area contributed by atoms with Gasteiger partial charge in [-0.1, -0.05) is 30.3 Å². The maximum Gasteiger partial charge on any atom is 0.244 e. The van der Waals surface area contributed by atoms with E-state index in [-0.39, 0.29) is 11.9 Å². The van der Waals surface area contributed by atoms with Crippen molar-refractivity contribution in [2.45, 2.75) is 25.9 Å². The zero-order valence-electron chi connectivity index (χ0n) is 11.3. The Morgan fingerprint density at radius 3 is 2.50 bits per heavy atom. The van der Waals surface area contributed by atoms with Crippen LogP contribution in [-0.2, 0) is 9.53 Å². The van der Waals surface area contributed by atoms with E-state index < -0.39 is 6.04 Å². The van der Waals surface area contributed by atoms with Crippen LogP contribution >= 0.6 is 0 Å². The summed E-state index contributed by atoms with van der Waals surface area (Å²) >= 11 is 0. The average molecular weight is 250 g/mol. The van der Waals surface area contributed by atoms with Gasteiger partial charge in [0.05, 0.1) is 12.6 Å². The molecule has 0 aliphatic rings. The Morgan fingerprint density at radius 2 is 2.00 bits per heavy atom. The van der Waals surface area contributed by atoms with Crippen LogP contribution < -0.4 is 5.73 Å². The number of nitrogens with zero attached hydrogens (tertiary/aromatic N) is 1. The van der Waals surface area contributed by atoms with Crippen molar-refractivity contribution in [1.82, 2.24) is 4.90 Å². The predicted molar refractivity (Wildman–Crippen MR) is 72.1 cm³/mol. The number of likely N-dealkylation sites (N-methyl/N-ethyl adjacent to an activating group) is 1. The number of amides is 1. The van der Waals surface area contributed by atoms with Gasteiger partial charge in [-0.2, -0.15) is 0 Å². The Hall–Kier alpha value is -1.39. The molecule has 0 aromatic heterocycles. The van der Waals surface area contributed by atoms with E-state index in [0.717, 1.165) is 5.56 Å². The highest BCUT2D eigenvalue weighted by atomic mass is 16.5. The smallest absolute Gasteiger partial charge is 0.244 e. The number of benzene rings is 1. The summed E-state index contributed by atoms with van der Waals surface area (Å²) in [5, 5.41) is 0. The van der Waals surface area contributed by atoms with Gasteiger partial charge in [-0.05, 0) is 19.4 Å². The second-order valence-electron chi connectivity index (χ2n) is 4.32. The number of nitrogens with two attached hydrogens (primary N) is 1. The van der Waals surface area contributed by atoms with E-state index in [9.17, 15) is 4.79 Å². The van der Waals surface area contributed by atoms with Gasteiger partial charge < -0.3 is 15.4 Å². The van der Waals surface area contributed by atoms with Gasteiger partial charge in [-0.15, -0.1) is 0 Å². The number of rotatable bonds is 6. The van der Waals surface area contributed by atoms with Gasteiger partial charge >= 0.3 is 0 Å². The number of hydrogen-bond acceptors (Lipinski definition) is 3. The van der Waals surface area contributed by atoms with E-state index in [1.54, 1.807) is 12.0 Å². The van der Waals surface area contributed by atoms with Gasteiger partial charge in [0.1, 0.15) is 6.04 Å². The van der Waals surface area contributed by atoms with E-state index in [1.807, 2.05) is 44.2 Å². The van der Waals surface area contributed by atoms with Crippen molar-refractivity contribution in [3.05, 3.63) is 35.9 Å². The van der Waals surface area contributed by atoms with E-state index in [1.165, 1.54) is 0 Å². The zero-order valence-corrected chi connectivity index (χ0v) is 11.3. The molecule has 0 radical (unpaired) electrons. The van der Waals surface area contributed by atoms with E-state index in [2.05, 4.69) is 0 Å². The van der Waals surface area contributed by atoms with Crippen molar-refractivity contribution in [3.8, 4) is 0 Å². The molecule has 0 saturated carbocycles. The fourth-order valence-electron chi connectivity index (χ4n) is 2.00. The minimum absolute atomic E-state index is 0.0299. The van der Waals surface area contributed by atoms with Gasteiger partial charge in [-0.3, -0.25) is 4.79 Å². The highest BCUT2D eigenvalue weighted by Gasteiger charge is 2.24. The second kappa shape index (κ2) is 7.13. The van der Waals surface area contributed by atoms with Crippen LogP contribution in [0.1, 0.15) is 25.5 Å². The maximum atomic E-state index is 12.3. The molecule has 0 spiro atoms. The first kappa shape index (κ1) is 14.7. The van der Waals surface area contributed by atoms with Crippen LogP contribution in [0.15, 0.2) is 30.3 Å². The quantitative estimate of drug-likeness (QED) is 0.833. The van der Waals surface area contributed by atoms with Crippen molar-refractivity contribution in [3.63, 3.8) is 0 Å². The first-order chi connectivity index (χ1) is 8.61. The third-order valence-electron chi connectivity index (χ3n) is 2.99. The molecule has 18 heavy (non-hydrogen) atoms. The standard InChI is InChI=1S/C14H22N2O2/c1-4-16(11(2)10-18-3)14(17)13(15)12-8-6-5-7-9-12/h5-9,11,13H,4,10,15H2,1-3H3/t11?,13-/m1/s1. The van der Waals surface area contributed by atoms with Crippen LogP contribution in [0.25, 0.3) is 0 Å². The van der Waals surface area contributed by atoms with Gasteiger partial charge in [-0.25, -0.2) is 0 Å². The summed E-state index contributed by atoms with van der Waals surface area (Å²) in [6, 6.07) is 8.85. The largest absolute Gasteiger partial charge is 0.383 e. The molecule has 4 nitrogen and oxygen atoms in total. The van der Waals surface area contributed by atoms with Crippen LogP contribution in [0.5, 0.6) is 0 Å². The summed E-state index contributed by atoms with van der Waals surface area (Å²) in [6.45, 7) is 5.05. The molecule has 100 valence electrons. The highest BCUT2D eigenvalue weighted by Crippen LogP contribution is 2.14. The molecule has 1 aromatic rings. The summed E-state index contributed by atoms with van der Waals surface area (Å²) in [7, 11) is 1.63. The van der Waals surface area contributed by atoms with Crippen LogP contribution in [-0.4, -0.2) is 37.1 Å². The Labute approximate surface area is 109 Å². The number of carbonyl (C=O) groups is 1. The molecule has 0 heterocycles. The minimum atomic E-state index is -0.606. The molecule has 1 aromatic carbocycles. The summed E-state index contributed by atoms with van der Waals surface area (Å²) < 4.78 is 5.09. The highest BCUT2D eigenvalue weighted by molar-refractivity contribution is 5.83. The summed E-state index contributed by atoms with van der Waals surface area (Å²) in [6.07, 6.45) is 0. The van der Waals surface area contributed by atoms with E-state index >= 15 is 0 Å². The number of methoxy groups -OCH3 is 1. The molecule has 0 aliphatic heterocycles. The molecule has 0 bridgehead atoms. The van der Waals surface area contributed by atoms with Gasteiger partial charge in [0, 0.05) is 13.7 Å². The van der Waals surface area contributed by atoms with Crippen LogP contribution in [0.4, 0.5) is 0 Å². The minimum Gasteiger partial charge on any atom is -0.383 e. The van der Waals surface area contributed by atoms with Crippen molar-refractivity contribution in [2.24, 2.45) is 5.73 Å². The van der Waals surface area contributed by atoms with E-state index in [4.69, 9.17) is 10.5 Å². The molecular formula is C14H22N2O2. The third-order valence-corrected chi connectivity index (χ3v) is 2.99. The van der Waals surface area contributed by atoms with Crippen LogP contribution in [0.3, 0.4) is 0 Å². The maximum absolute atomic E-state index is 12.3. The SMILES string of the molecule is CCN(C(=O)[C@H](N)c1ccccc1)C(C)COC. The first-order valence-corrected chi connectivity index (χ1v) is 6.21. The Morgan fingerprint density at radius 1 is 1.39 bits per heavy atom. The lowest BCUT2D eigenvalue weighted by molar-refractivity contribution is -0.135. The van der Waals surface area contributed by atoms with Crippen LogP contribution in [0.2, 0.25) is 0 Å². The number of ether oxygens (including phenoxy) is 1. The molecule has 1 rings (SSSR count).